The second-order valence-electron chi connectivity index (χ2n) is 8.15. The molecule has 0 N–H and O–H groups in total. The van der Waals surface area contributed by atoms with Crippen molar-refractivity contribution in [3.63, 3.8) is 0 Å². The van der Waals surface area contributed by atoms with Gasteiger partial charge >= 0.3 is 0 Å². The van der Waals surface area contributed by atoms with Crippen LogP contribution in [0.5, 0.6) is 0 Å². The molecule has 24 heavy (non-hydrogen) atoms. The number of rotatable bonds is 20. The van der Waals surface area contributed by atoms with Gasteiger partial charge in [-0.2, -0.15) is 0 Å². The lowest BCUT2D eigenvalue weighted by molar-refractivity contribution is 0.407. The van der Waals surface area contributed by atoms with Crippen molar-refractivity contribution in [3.05, 3.63) is 0 Å². The van der Waals surface area contributed by atoms with Gasteiger partial charge in [-0.25, -0.2) is 0 Å². The first-order valence-corrected chi connectivity index (χ1v) is 11.8. The van der Waals surface area contributed by atoms with Crippen molar-refractivity contribution in [1.29, 1.82) is 0 Å². The van der Waals surface area contributed by atoms with Crippen LogP contribution in [-0.2, 0) is 0 Å². The molecule has 0 heteroatoms. The molecular weight excluding hydrogens is 288 g/mol. The van der Waals surface area contributed by atoms with Crippen molar-refractivity contribution in [1.82, 2.24) is 0 Å². The first-order valence-electron chi connectivity index (χ1n) is 11.8. The van der Waals surface area contributed by atoms with E-state index in [0.717, 1.165) is 5.92 Å². The smallest absolute Gasteiger partial charge is 0.0417 e. The Kier molecular flexibility index (Phi) is 21.0. The average molecular weight is 339 g/mol. The molecule has 0 saturated heterocycles. The van der Waals surface area contributed by atoms with E-state index >= 15 is 0 Å². The minimum Gasteiger partial charge on any atom is -0.0654 e. The highest BCUT2D eigenvalue weighted by Crippen LogP contribution is 2.20. The van der Waals surface area contributed by atoms with Gasteiger partial charge in [-0.3, -0.25) is 0 Å². The van der Waals surface area contributed by atoms with Crippen LogP contribution in [-0.4, -0.2) is 0 Å². The molecule has 0 fully saturated rings. The summed E-state index contributed by atoms with van der Waals surface area (Å²) in [5.41, 5.74) is 0. The van der Waals surface area contributed by atoms with E-state index in [4.69, 9.17) is 0 Å². The third-order valence-electron chi connectivity index (χ3n) is 5.74. The summed E-state index contributed by atoms with van der Waals surface area (Å²) < 4.78 is 0. The minimum absolute atomic E-state index is 1.02. The summed E-state index contributed by atoms with van der Waals surface area (Å²) in [7, 11) is 0. The van der Waals surface area contributed by atoms with Gasteiger partial charge in [0.15, 0.2) is 0 Å². The SMILES string of the molecule is CCCCCCCCCCCCCCCCCCC(CC)CCC. The molecule has 0 radical (unpaired) electrons. The van der Waals surface area contributed by atoms with Crippen LogP contribution < -0.4 is 0 Å². The van der Waals surface area contributed by atoms with E-state index in [1.165, 1.54) is 128 Å². The van der Waals surface area contributed by atoms with Gasteiger partial charge in [-0.05, 0) is 5.92 Å². The van der Waals surface area contributed by atoms with Crippen molar-refractivity contribution in [3.8, 4) is 0 Å². The molecular formula is C24H50. The normalized spacial score (nSPS) is 12.6. The van der Waals surface area contributed by atoms with Crippen LogP contribution in [0.1, 0.15) is 149 Å². The monoisotopic (exact) mass is 338 g/mol. The maximum absolute atomic E-state index is 2.37. The van der Waals surface area contributed by atoms with E-state index in [1.807, 2.05) is 0 Å². The van der Waals surface area contributed by atoms with E-state index in [2.05, 4.69) is 20.8 Å². The van der Waals surface area contributed by atoms with Gasteiger partial charge in [0.2, 0.25) is 0 Å². The Labute approximate surface area is 155 Å². The van der Waals surface area contributed by atoms with Gasteiger partial charge in [0, 0.05) is 0 Å². The number of unbranched alkanes of at least 4 members (excludes halogenated alkanes) is 15. The Morgan fingerprint density at radius 3 is 1.08 bits per heavy atom. The van der Waals surface area contributed by atoms with Crippen molar-refractivity contribution in [2.75, 3.05) is 0 Å². The fourth-order valence-electron chi connectivity index (χ4n) is 3.94. The number of hydrogen-bond acceptors (Lipinski definition) is 0. The van der Waals surface area contributed by atoms with Gasteiger partial charge in [-0.1, -0.05) is 149 Å². The quantitative estimate of drug-likeness (QED) is 0.194. The third-order valence-corrected chi connectivity index (χ3v) is 5.74. The molecule has 0 amide bonds. The van der Waals surface area contributed by atoms with E-state index in [9.17, 15) is 0 Å². The standard InChI is InChI=1S/C24H50/c1-4-7-8-9-10-11-12-13-14-15-16-17-18-19-20-21-23-24(6-3)22-5-2/h24H,4-23H2,1-3H3. The Balaban J connectivity index is 3.07. The molecule has 1 unspecified atom stereocenters. The van der Waals surface area contributed by atoms with E-state index < -0.39 is 0 Å². The van der Waals surface area contributed by atoms with Gasteiger partial charge in [0.25, 0.3) is 0 Å². The summed E-state index contributed by atoms with van der Waals surface area (Å²) in [6.07, 6.45) is 29.3. The zero-order valence-electron chi connectivity index (χ0n) is 17.7. The van der Waals surface area contributed by atoms with E-state index in [-0.39, 0.29) is 0 Å². The molecule has 0 aromatic carbocycles. The molecule has 0 aromatic rings. The fourth-order valence-corrected chi connectivity index (χ4v) is 3.94. The summed E-state index contributed by atoms with van der Waals surface area (Å²) in [5.74, 6) is 1.02. The molecule has 0 spiro atoms. The van der Waals surface area contributed by atoms with Crippen LogP contribution in [0.3, 0.4) is 0 Å². The summed E-state index contributed by atoms with van der Waals surface area (Å²) in [4.78, 5) is 0. The maximum Gasteiger partial charge on any atom is -0.0417 e. The number of hydrogen-bond donors (Lipinski definition) is 0. The average Bonchev–Trinajstić information content (AvgIpc) is 2.60. The largest absolute Gasteiger partial charge is 0.0654 e. The lowest BCUT2D eigenvalue weighted by Gasteiger charge is -2.13. The highest BCUT2D eigenvalue weighted by atomic mass is 14.1. The summed E-state index contributed by atoms with van der Waals surface area (Å²) in [5, 5.41) is 0. The second-order valence-corrected chi connectivity index (χ2v) is 8.15. The van der Waals surface area contributed by atoms with Crippen molar-refractivity contribution < 1.29 is 0 Å². The van der Waals surface area contributed by atoms with Gasteiger partial charge in [0.1, 0.15) is 0 Å². The van der Waals surface area contributed by atoms with Crippen molar-refractivity contribution in [2.45, 2.75) is 149 Å². The highest BCUT2D eigenvalue weighted by Gasteiger charge is 2.04. The highest BCUT2D eigenvalue weighted by molar-refractivity contribution is 4.57. The molecule has 146 valence electrons. The Morgan fingerprint density at radius 1 is 0.375 bits per heavy atom. The molecule has 0 nitrogen and oxygen atoms in total. The van der Waals surface area contributed by atoms with Gasteiger partial charge < -0.3 is 0 Å². The zero-order chi connectivity index (χ0) is 17.7. The molecule has 0 aliphatic heterocycles. The second kappa shape index (κ2) is 21.0. The van der Waals surface area contributed by atoms with Crippen molar-refractivity contribution in [2.24, 2.45) is 5.92 Å². The minimum atomic E-state index is 1.02. The lowest BCUT2D eigenvalue weighted by atomic mass is 9.94. The van der Waals surface area contributed by atoms with Gasteiger partial charge in [0.05, 0.1) is 0 Å². The Hall–Kier alpha value is 0. The zero-order valence-corrected chi connectivity index (χ0v) is 17.7. The molecule has 0 saturated carbocycles. The first-order chi connectivity index (χ1) is 11.8. The van der Waals surface area contributed by atoms with Crippen LogP contribution in [0.25, 0.3) is 0 Å². The molecule has 0 bridgehead atoms. The van der Waals surface area contributed by atoms with Crippen LogP contribution in [0, 0.1) is 5.92 Å². The molecule has 0 aliphatic carbocycles. The predicted molar refractivity (Wildman–Crippen MR) is 113 cm³/mol. The van der Waals surface area contributed by atoms with Crippen LogP contribution >= 0.6 is 0 Å². The lowest BCUT2D eigenvalue weighted by Crippen LogP contribution is -1.97. The molecule has 0 rings (SSSR count). The molecule has 0 heterocycles. The fraction of sp³-hybridized carbons (Fsp3) is 1.00. The van der Waals surface area contributed by atoms with Crippen LogP contribution in [0.4, 0.5) is 0 Å². The predicted octanol–water partition coefficient (Wildman–Crippen LogP) is 9.46. The summed E-state index contributed by atoms with van der Waals surface area (Å²) in [6.45, 7) is 7.00. The summed E-state index contributed by atoms with van der Waals surface area (Å²) >= 11 is 0. The third kappa shape index (κ3) is 18.3. The van der Waals surface area contributed by atoms with Gasteiger partial charge in [-0.15, -0.1) is 0 Å². The molecule has 0 aromatic heterocycles. The summed E-state index contributed by atoms with van der Waals surface area (Å²) in [6, 6.07) is 0. The Morgan fingerprint density at radius 2 is 0.750 bits per heavy atom. The molecule has 0 aliphatic rings. The first kappa shape index (κ1) is 24.0. The van der Waals surface area contributed by atoms with E-state index in [1.54, 1.807) is 0 Å². The van der Waals surface area contributed by atoms with Crippen LogP contribution in [0.15, 0.2) is 0 Å². The topological polar surface area (TPSA) is 0 Å². The maximum atomic E-state index is 2.37. The van der Waals surface area contributed by atoms with Crippen LogP contribution in [0.2, 0.25) is 0 Å². The van der Waals surface area contributed by atoms with Crippen molar-refractivity contribution >= 4 is 0 Å². The Bertz CT molecular complexity index is 208. The molecule has 1 atom stereocenters. The van der Waals surface area contributed by atoms with E-state index in [0.29, 0.717) is 0 Å².